The van der Waals surface area contributed by atoms with Crippen molar-refractivity contribution in [3.05, 3.63) is 59.8 Å². The van der Waals surface area contributed by atoms with E-state index >= 15 is 0 Å². The molecule has 0 saturated carbocycles. The van der Waals surface area contributed by atoms with Crippen molar-refractivity contribution in [1.29, 1.82) is 0 Å². The lowest BCUT2D eigenvalue weighted by molar-refractivity contribution is -0.137. The van der Waals surface area contributed by atoms with Gasteiger partial charge >= 0.3 is 12.1 Å². The quantitative estimate of drug-likeness (QED) is 0.583. The summed E-state index contributed by atoms with van der Waals surface area (Å²) in [5.74, 6) is -1.05. The topological polar surface area (TPSA) is 60.1 Å². The monoisotopic (exact) mass is 359 g/mol. The maximum absolute atomic E-state index is 12.8. The highest BCUT2D eigenvalue weighted by Crippen LogP contribution is 2.34. The van der Waals surface area contributed by atoms with Crippen LogP contribution in [0.5, 0.6) is 0 Å². The van der Waals surface area contributed by atoms with E-state index in [0.717, 1.165) is 17.5 Å². The number of hydrogen-bond donors (Lipinski definition) is 1. The molecule has 0 aliphatic heterocycles. The minimum atomic E-state index is -4.41. The van der Waals surface area contributed by atoms with E-state index < -0.39 is 17.7 Å². The number of carbonyl (C=O) groups is 1. The van der Waals surface area contributed by atoms with Crippen LogP contribution in [0.1, 0.15) is 15.9 Å². The molecule has 0 spiro atoms. The van der Waals surface area contributed by atoms with Crippen molar-refractivity contribution in [3.8, 4) is 5.69 Å². The lowest BCUT2D eigenvalue weighted by Gasteiger charge is -2.11. The minimum Gasteiger partial charge on any atom is -0.478 e. The van der Waals surface area contributed by atoms with Crippen LogP contribution in [0.2, 0.25) is 0 Å². The number of halogens is 3. The zero-order chi connectivity index (χ0) is 18.6. The number of aromatic carboxylic acids is 1. The number of carboxylic acids is 1. The fourth-order valence-electron chi connectivity index (χ4n) is 3.14. The van der Waals surface area contributed by atoms with Crippen molar-refractivity contribution in [2.45, 2.75) is 6.18 Å². The van der Waals surface area contributed by atoms with Gasteiger partial charge in [-0.15, -0.1) is 0 Å². The van der Waals surface area contributed by atoms with Crippen LogP contribution in [-0.2, 0) is 13.2 Å². The van der Waals surface area contributed by atoms with E-state index in [9.17, 15) is 23.1 Å². The fraction of sp³-hybridized carbons (Fsp3) is 0.111. The van der Waals surface area contributed by atoms with Gasteiger partial charge in [-0.3, -0.25) is 9.25 Å². The van der Waals surface area contributed by atoms with E-state index in [2.05, 4.69) is 5.10 Å². The second-order valence-electron chi connectivity index (χ2n) is 5.92. The van der Waals surface area contributed by atoms with E-state index in [4.69, 9.17) is 0 Å². The van der Waals surface area contributed by atoms with Crippen LogP contribution in [0.4, 0.5) is 13.2 Å². The molecule has 0 aliphatic carbocycles. The molecule has 0 unspecified atom stereocenters. The van der Waals surface area contributed by atoms with Crippen LogP contribution in [0, 0.1) is 0 Å². The summed E-state index contributed by atoms with van der Waals surface area (Å²) in [4.78, 5) is 11.3. The first-order chi connectivity index (χ1) is 12.3. The number of rotatable bonds is 2. The summed E-state index contributed by atoms with van der Waals surface area (Å²) in [6, 6.07) is 9.49. The third-order valence-electron chi connectivity index (χ3n) is 4.35. The van der Waals surface area contributed by atoms with E-state index in [0.29, 0.717) is 22.2 Å². The maximum Gasteiger partial charge on any atom is 0.416 e. The first-order valence-corrected chi connectivity index (χ1v) is 7.64. The third kappa shape index (κ3) is 2.33. The van der Waals surface area contributed by atoms with E-state index in [-0.39, 0.29) is 5.56 Å². The predicted octanol–water partition coefficient (Wildman–Crippen LogP) is 4.23. The SMILES string of the molecule is Cn1ncc2c3cc(C(=O)O)ccc3n(-c3ccc(C(F)(F)F)cc3)c21. The summed E-state index contributed by atoms with van der Waals surface area (Å²) < 4.78 is 41.9. The zero-order valence-electron chi connectivity index (χ0n) is 13.4. The molecule has 4 aromatic rings. The molecule has 5 nitrogen and oxygen atoms in total. The number of hydrogen-bond acceptors (Lipinski definition) is 2. The normalized spacial score (nSPS) is 12.2. The highest BCUT2D eigenvalue weighted by Gasteiger charge is 2.30. The zero-order valence-corrected chi connectivity index (χ0v) is 13.4. The number of aromatic nitrogens is 3. The van der Waals surface area contributed by atoms with Crippen LogP contribution in [0.25, 0.3) is 27.6 Å². The largest absolute Gasteiger partial charge is 0.478 e. The molecule has 0 aliphatic rings. The van der Waals surface area contributed by atoms with E-state index in [1.807, 2.05) is 0 Å². The standard InChI is InChI=1S/C18H12F3N3O2/c1-23-16-14(9-22-23)13-8-10(17(25)26)2-7-15(13)24(16)12-5-3-11(4-6-12)18(19,20)21/h2-9H,1H3,(H,25,26). The van der Waals surface area contributed by atoms with Crippen LogP contribution in [0.15, 0.2) is 48.7 Å². The van der Waals surface area contributed by atoms with Crippen molar-refractivity contribution < 1.29 is 23.1 Å². The van der Waals surface area contributed by atoms with Gasteiger partial charge < -0.3 is 5.11 Å². The molecule has 132 valence electrons. The van der Waals surface area contributed by atoms with Crippen molar-refractivity contribution in [3.63, 3.8) is 0 Å². The average Bonchev–Trinajstić information content (AvgIpc) is 3.12. The Balaban J connectivity index is 2.01. The van der Waals surface area contributed by atoms with Gasteiger partial charge in [-0.2, -0.15) is 18.3 Å². The fourth-order valence-corrected chi connectivity index (χ4v) is 3.14. The molecule has 2 heterocycles. The number of alkyl halides is 3. The molecule has 0 amide bonds. The van der Waals surface area contributed by atoms with Crippen LogP contribution in [-0.4, -0.2) is 25.4 Å². The summed E-state index contributed by atoms with van der Waals surface area (Å²) in [6.45, 7) is 0. The molecule has 0 bridgehead atoms. The lowest BCUT2D eigenvalue weighted by atomic mass is 10.1. The Hall–Kier alpha value is -3.29. The van der Waals surface area contributed by atoms with Gasteiger partial charge in [0.2, 0.25) is 0 Å². The minimum absolute atomic E-state index is 0.132. The van der Waals surface area contributed by atoms with Gasteiger partial charge in [0.05, 0.1) is 22.8 Å². The Morgan fingerprint density at radius 2 is 1.77 bits per heavy atom. The molecule has 8 heteroatoms. The Labute approximate surface area is 144 Å². The van der Waals surface area contributed by atoms with Gasteiger partial charge in [0.25, 0.3) is 0 Å². The van der Waals surface area contributed by atoms with E-state index in [1.165, 1.54) is 18.2 Å². The smallest absolute Gasteiger partial charge is 0.416 e. The summed E-state index contributed by atoms with van der Waals surface area (Å²) in [7, 11) is 1.72. The van der Waals surface area contributed by atoms with Crippen LogP contribution in [0.3, 0.4) is 0 Å². The van der Waals surface area contributed by atoms with Gasteiger partial charge in [0, 0.05) is 23.5 Å². The number of aryl methyl sites for hydroxylation is 1. The Morgan fingerprint density at radius 3 is 2.38 bits per heavy atom. The molecule has 4 rings (SSSR count). The molecule has 26 heavy (non-hydrogen) atoms. The van der Waals surface area contributed by atoms with Crippen LogP contribution < -0.4 is 0 Å². The summed E-state index contributed by atoms with van der Waals surface area (Å²) in [5.41, 5.74) is 1.30. The summed E-state index contributed by atoms with van der Waals surface area (Å²) >= 11 is 0. The maximum atomic E-state index is 12.8. The molecule has 2 aromatic heterocycles. The molecule has 1 N–H and O–H groups in total. The van der Waals surface area contributed by atoms with Gasteiger partial charge in [0.15, 0.2) is 0 Å². The molecule has 0 atom stereocenters. The summed E-state index contributed by atoms with van der Waals surface area (Å²) in [5, 5.41) is 14.8. The molecule has 0 saturated heterocycles. The number of carboxylic acid groups (broad SMARTS) is 1. The Kier molecular flexibility index (Phi) is 3.33. The predicted molar refractivity (Wildman–Crippen MR) is 89.5 cm³/mol. The number of nitrogens with zero attached hydrogens (tertiary/aromatic N) is 3. The first-order valence-electron chi connectivity index (χ1n) is 7.64. The average molecular weight is 359 g/mol. The number of fused-ring (bicyclic) bond motifs is 3. The van der Waals surface area contributed by atoms with Gasteiger partial charge in [0.1, 0.15) is 5.65 Å². The van der Waals surface area contributed by atoms with Gasteiger partial charge in [-0.05, 0) is 42.5 Å². The van der Waals surface area contributed by atoms with Crippen molar-refractivity contribution in [1.82, 2.24) is 14.3 Å². The Bertz CT molecular complexity index is 1150. The van der Waals surface area contributed by atoms with Gasteiger partial charge in [-0.25, -0.2) is 4.79 Å². The third-order valence-corrected chi connectivity index (χ3v) is 4.35. The first kappa shape index (κ1) is 16.2. The molecular formula is C18H12F3N3O2. The second-order valence-corrected chi connectivity index (χ2v) is 5.92. The second kappa shape index (κ2) is 5.35. The van der Waals surface area contributed by atoms with E-state index in [1.54, 1.807) is 34.6 Å². The molecule has 0 radical (unpaired) electrons. The number of benzene rings is 2. The molecule has 0 fully saturated rings. The summed E-state index contributed by atoms with van der Waals surface area (Å²) in [6.07, 6.45) is -2.79. The van der Waals surface area contributed by atoms with Crippen molar-refractivity contribution >= 4 is 27.9 Å². The van der Waals surface area contributed by atoms with Crippen molar-refractivity contribution in [2.75, 3.05) is 0 Å². The lowest BCUT2D eigenvalue weighted by Crippen LogP contribution is -2.05. The van der Waals surface area contributed by atoms with Gasteiger partial charge in [-0.1, -0.05) is 0 Å². The van der Waals surface area contributed by atoms with Crippen LogP contribution >= 0.6 is 0 Å². The highest BCUT2D eigenvalue weighted by molar-refractivity contribution is 6.10. The van der Waals surface area contributed by atoms with Crippen molar-refractivity contribution in [2.24, 2.45) is 7.05 Å². The molecule has 2 aromatic carbocycles. The highest BCUT2D eigenvalue weighted by atomic mass is 19.4. The Morgan fingerprint density at radius 1 is 1.08 bits per heavy atom. The molecular weight excluding hydrogens is 347 g/mol.